The van der Waals surface area contributed by atoms with Gasteiger partial charge >= 0.3 is 6.03 Å². The number of morpholine rings is 1. The zero-order chi connectivity index (χ0) is 26.0. The van der Waals surface area contributed by atoms with Crippen molar-refractivity contribution in [3.63, 3.8) is 0 Å². The van der Waals surface area contributed by atoms with Gasteiger partial charge < -0.3 is 20.3 Å². The number of ether oxygens (including phenoxy) is 1. The van der Waals surface area contributed by atoms with Crippen LogP contribution in [0.1, 0.15) is 31.9 Å². The summed E-state index contributed by atoms with van der Waals surface area (Å²) in [7, 11) is 0. The molecule has 0 unspecified atom stereocenters. The van der Waals surface area contributed by atoms with E-state index in [4.69, 9.17) is 4.74 Å². The molecule has 1 saturated heterocycles. The van der Waals surface area contributed by atoms with Gasteiger partial charge in [0.15, 0.2) is 5.78 Å². The van der Waals surface area contributed by atoms with Crippen molar-refractivity contribution in [2.75, 3.05) is 32.1 Å². The van der Waals surface area contributed by atoms with Crippen LogP contribution in [0.25, 0.3) is 0 Å². The van der Waals surface area contributed by atoms with Gasteiger partial charge in [0.1, 0.15) is 6.04 Å². The van der Waals surface area contributed by atoms with E-state index in [1.807, 2.05) is 60.7 Å². The fourth-order valence-corrected chi connectivity index (χ4v) is 4.60. The van der Waals surface area contributed by atoms with Crippen LogP contribution in [-0.4, -0.2) is 71.5 Å². The van der Waals surface area contributed by atoms with Gasteiger partial charge in [-0.05, 0) is 17.5 Å². The molecule has 2 aromatic rings. The third kappa shape index (κ3) is 9.32. The summed E-state index contributed by atoms with van der Waals surface area (Å²) in [4.78, 5) is 41.4. The number of ketones is 1. The molecule has 2 N–H and O–H groups in total. The molecule has 1 aliphatic rings. The first kappa shape index (κ1) is 27.7. The van der Waals surface area contributed by atoms with Crippen molar-refractivity contribution in [2.24, 2.45) is 0 Å². The normalized spacial score (nSPS) is 15.6. The number of rotatable bonds is 10. The SMILES string of the molecule is CC(C)(C)SCC(=O)[C@H](Cc1ccccc1)NC(=O)[C@H](Cc1ccccc1)NC(=O)N1CCOCC1. The summed E-state index contributed by atoms with van der Waals surface area (Å²) in [5.74, 6) is -0.106. The van der Waals surface area contributed by atoms with E-state index in [1.54, 1.807) is 16.7 Å². The smallest absolute Gasteiger partial charge is 0.318 e. The maximum absolute atomic E-state index is 13.5. The van der Waals surface area contributed by atoms with Crippen molar-refractivity contribution in [1.29, 1.82) is 0 Å². The summed E-state index contributed by atoms with van der Waals surface area (Å²) >= 11 is 1.56. The molecule has 0 bridgehead atoms. The van der Waals surface area contributed by atoms with Crippen LogP contribution in [-0.2, 0) is 27.2 Å². The van der Waals surface area contributed by atoms with Gasteiger partial charge in [0.05, 0.1) is 25.0 Å². The number of Topliss-reactive ketones (excluding diaryl/α,β-unsaturated/α-hetero) is 1. The predicted octanol–water partition coefficient (Wildman–Crippen LogP) is 3.47. The third-order valence-corrected chi connectivity index (χ3v) is 7.13. The molecule has 1 aliphatic heterocycles. The second-order valence-corrected chi connectivity index (χ2v) is 11.7. The Morgan fingerprint density at radius 3 is 1.92 bits per heavy atom. The molecule has 36 heavy (non-hydrogen) atoms. The van der Waals surface area contributed by atoms with Crippen molar-refractivity contribution in [3.05, 3.63) is 71.8 Å². The van der Waals surface area contributed by atoms with Crippen molar-refractivity contribution in [3.8, 4) is 0 Å². The molecule has 0 aromatic heterocycles. The van der Waals surface area contributed by atoms with Gasteiger partial charge in [0, 0.05) is 24.3 Å². The Morgan fingerprint density at radius 2 is 1.39 bits per heavy atom. The standard InChI is InChI=1S/C28H37N3O4S/c1-28(2,3)36-20-25(32)23(18-21-10-6-4-7-11-21)29-26(33)24(19-22-12-8-5-9-13-22)30-27(34)31-14-16-35-17-15-31/h4-13,23-24H,14-20H2,1-3H3,(H,29,33)(H,30,34)/t23-,24-/m0/s1. The van der Waals surface area contributed by atoms with Gasteiger partial charge in [-0.15, -0.1) is 11.8 Å². The average Bonchev–Trinajstić information content (AvgIpc) is 2.87. The molecular weight excluding hydrogens is 474 g/mol. The van der Waals surface area contributed by atoms with E-state index >= 15 is 0 Å². The lowest BCUT2D eigenvalue weighted by Gasteiger charge is -2.30. The highest BCUT2D eigenvalue weighted by molar-refractivity contribution is 8.01. The highest BCUT2D eigenvalue weighted by Crippen LogP contribution is 2.23. The fraction of sp³-hybridized carbons (Fsp3) is 0.464. The topological polar surface area (TPSA) is 87.7 Å². The molecule has 2 aromatic carbocycles. The Bertz CT molecular complexity index is 989. The van der Waals surface area contributed by atoms with Crippen LogP contribution in [0.5, 0.6) is 0 Å². The summed E-state index contributed by atoms with van der Waals surface area (Å²) in [6.45, 7) is 8.09. The molecule has 0 radical (unpaired) electrons. The summed E-state index contributed by atoms with van der Waals surface area (Å²) in [6.07, 6.45) is 0.720. The molecule has 0 aliphatic carbocycles. The van der Waals surface area contributed by atoms with Crippen molar-refractivity contribution in [2.45, 2.75) is 50.4 Å². The quantitative estimate of drug-likeness (QED) is 0.510. The molecule has 194 valence electrons. The maximum Gasteiger partial charge on any atom is 0.318 e. The molecule has 2 atom stereocenters. The number of nitrogens with one attached hydrogen (secondary N) is 2. The molecule has 1 fully saturated rings. The van der Waals surface area contributed by atoms with Crippen molar-refractivity contribution in [1.82, 2.24) is 15.5 Å². The summed E-state index contributed by atoms with van der Waals surface area (Å²) in [5, 5.41) is 5.87. The van der Waals surface area contributed by atoms with E-state index in [9.17, 15) is 14.4 Å². The molecule has 0 spiro atoms. The maximum atomic E-state index is 13.5. The molecule has 1 heterocycles. The van der Waals surface area contributed by atoms with Crippen molar-refractivity contribution < 1.29 is 19.1 Å². The van der Waals surface area contributed by atoms with E-state index in [0.29, 0.717) is 44.9 Å². The lowest BCUT2D eigenvalue weighted by molar-refractivity contribution is -0.127. The summed E-state index contributed by atoms with van der Waals surface area (Å²) < 4.78 is 5.27. The van der Waals surface area contributed by atoms with Crippen LogP contribution in [0.15, 0.2) is 60.7 Å². The van der Waals surface area contributed by atoms with E-state index in [0.717, 1.165) is 11.1 Å². The number of nitrogens with zero attached hydrogens (tertiary/aromatic N) is 1. The third-order valence-electron chi connectivity index (χ3n) is 5.83. The van der Waals surface area contributed by atoms with Crippen molar-refractivity contribution >= 4 is 29.5 Å². The number of carbonyl (C=O) groups is 3. The summed E-state index contributed by atoms with van der Waals surface area (Å²) in [5.41, 5.74) is 1.89. The zero-order valence-electron chi connectivity index (χ0n) is 21.4. The highest BCUT2D eigenvalue weighted by atomic mass is 32.2. The number of carbonyl (C=O) groups excluding carboxylic acids is 3. The Balaban J connectivity index is 1.76. The van der Waals surface area contributed by atoms with Gasteiger partial charge in [-0.3, -0.25) is 9.59 Å². The predicted molar refractivity (Wildman–Crippen MR) is 144 cm³/mol. The Kier molecular flexibility index (Phi) is 10.4. The monoisotopic (exact) mass is 511 g/mol. The van der Waals surface area contributed by atoms with E-state index < -0.39 is 12.1 Å². The minimum absolute atomic E-state index is 0.0369. The van der Waals surface area contributed by atoms with Gasteiger partial charge in [-0.1, -0.05) is 81.4 Å². The Labute approximate surface area is 218 Å². The van der Waals surface area contributed by atoms with Crippen LogP contribution >= 0.6 is 11.8 Å². The lowest BCUT2D eigenvalue weighted by Crippen LogP contribution is -2.56. The Morgan fingerprint density at radius 1 is 0.861 bits per heavy atom. The first-order chi connectivity index (χ1) is 17.2. The number of thioether (sulfide) groups is 1. The molecule has 3 rings (SSSR count). The molecule has 7 nitrogen and oxygen atoms in total. The van der Waals surface area contributed by atoms with Gasteiger partial charge in [0.25, 0.3) is 0 Å². The number of amides is 3. The van der Waals surface area contributed by atoms with E-state index in [1.165, 1.54) is 0 Å². The minimum Gasteiger partial charge on any atom is -0.378 e. The number of hydrogen-bond acceptors (Lipinski definition) is 5. The van der Waals surface area contributed by atoms with E-state index in [2.05, 4.69) is 31.4 Å². The second kappa shape index (κ2) is 13.5. The second-order valence-electron chi connectivity index (χ2n) is 9.91. The average molecular weight is 512 g/mol. The number of urea groups is 1. The molecule has 8 heteroatoms. The van der Waals surface area contributed by atoms with Crippen LogP contribution in [0, 0.1) is 0 Å². The first-order valence-electron chi connectivity index (χ1n) is 12.4. The van der Waals surface area contributed by atoms with Crippen LogP contribution in [0.4, 0.5) is 4.79 Å². The van der Waals surface area contributed by atoms with Crippen LogP contribution in [0.3, 0.4) is 0 Å². The van der Waals surface area contributed by atoms with Gasteiger partial charge in [0.2, 0.25) is 5.91 Å². The number of benzene rings is 2. The van der Waals surface area contributed by atoms with Crippen LogP contribution in [0.2, 0.25) is 0 Å². The van der Waals surface area contributed by atoms with Crippen LogP contribution < -0.4 is 10.6 Å². The fourth-order valence-electron chi connectivity index (χ4n) is 3.82. The zero-order valence-corrected chi connectivity index (χ0v) is 22.2. The van der Waals surface area contributed by atoms with Gasteiger partial charge in [-0.25, -0.2) is 4.79 Å². The molecular formula is C28H37N3O4S. The van der Waals surface area contributed by atoms with Gasteiger partial charge in [-0.2, -0.15) is 0 Å². The minimum atomic E-state index is -0.816. The highest BCUT2D eigenvalue weighted by Gasteiger charge is 2.29. The summed E-state index contributed by atoms with van der Waals surface area (Å²) in [6, 6.07) is 17.4. The molecule has 3 amide bonds. The largest absolute Gasteiger partial charge is 0.378 e. The Hall–Kier alpha value is -2.84. The number of hydrogen-bond donors (Lipinski definition) is 2. The molecule has 0 saturated carbocycles. The lowest BCUT2D eigenvalue weighted by atomic mass is 10.0. The van der Waals surface area contributed by atoms with E-state index in [-0.39, 0.29) is 22.5 Å². The first-order valence-corrected chi connectivity index (χ1v) is 13.4.